The topological polar surface area (TPSA) is 71.0 Å². The Morgan fingerprint density at radius 1 is 1.35 bits per heavy atom. The zero-order valence-corrected chi connectivity index (χ0v) is 13.7. The highest BCUT2D eigenvalue weighted by Gasteiger charge is 2.32. The van der Waals surface area contributed by atoms with Crippen molar-refractivity contribution in [3.63, 3.8) is 0 Å². The molecule has 1 amide bonds. The zero-order chi connectivity index (χ0) is 16.4. The van der Waals surface area contributed by atoms with E-state index in [9.17, 15) is 4.79 Å². The molecule has 1 atom stereocenters. The van der Waals surface area contributed by atoms with Gasteiger partial charge in [-0.3, -0.25) is 9.78 Å². The molecule has 0 bridgehead atoms. The maximum atomic E-state index is 12.9. The summed E-state index contributed by atoms with van der Waals surface area (Å²) in [6.07, 6.45) is 3.61. The Bertz CT molecular complexity index is 731. The van der Waals surface area contributed by atoms with Gasteiger partial charge in [-0.2, -0.15) is 0 Å². The predicted octanol–water partition coefficient (Wildman–Crippen LogP) is 2.51. The summed E-state index contributed by atoms with van der Waals surface area (Å²) in [5.74, 6) is 1.52. The van der Waals surface area contributed by atoms with Gasteiger partial charge in [0, 0.05) is 31.5 Å². The molecule has 3 heterocycles. The van der Waals surface area contributed by atoms with Gasteiger partial charge in [0.15, 0.2) is 0 Å². The van der Waals surface area contributed by atoms with Crippen LogP contribution in [0.15, 0.2) is 24.4 Å². The maximum absolute atomic E-state index is 12.9. The Kier molecular flexibility index (Phi) is 4.23. The second kappa shape index (κ2) is 6.32. The summed E-state index contributed by atoms with van der Waals surface area (Å²) < 4.78 is 0. The highest BCUT2D eigenvalue weighted by atomic mass is 16.2. The van der Waals surface area contributed by atoms with Gasteiger partial charge in [0.05, 0.1) is 17.3 Å². The molecular weight excluding hydrogens is 290 g/mol. The van der Waals surface area contributed by atoms with Crippen LogP contribution in [0, 0.1) is 13.8 Å². The monoisotopic (exact) mass is 311 g/mol. The Hall–Kier alpha value is -2.50. The second-order valence-corrected chi connectivity index (χ2v) is 5.77. The third-order valence-corrected chi connectivity index (χ3v) is 4.21. The number of amides is 1. The summed E-state index contributed by atoms with van der Waals surface area (Å²) in [6, 6.07) is 5.57. The van der Waals surface area contributed by atoms with Crippen LogP contribution in [0.1, 0.15) is 46.5 Å². The molecule has 1 aliphatic heterocycles. The van der Waals surface area contributed by atoms with Crippen molar-refractivity contribution in [2.75, 3.05) is 18.9 Å². The van der Waals surface area contributed by atoms with Crippen molar-refractivity contribution in [2.45, 2.75) is 32.7 Å². The van der Waals surface area contributed by atoms with Gasteiger partial charge in [-0.1, -0.05) is 0 Å². The molecule has 6 nitrogen and oxygen atoms in total. The van der Waals surface area contributed by atoms with Crippen LogP contribution in [0.25, 0.3) is 0 Å². The zero-order valence-electron chi connectivity index (χ0n) is 13.7. The molecule has 23 heavy (non-hydrogen) atoms. The number of carbonyl (C=O) groups excluding carboxylic acids is 1. The number of pyridine rings is 1. The lowest BCUT2D eigenvalue weighted by Crippen LogP contribution is -2.31. The molecule has 120 valence electrons. The van der Waals surface area contributed by atoms with Gasteiger partial charge < -0.3 is 10.2 Å². The standard InChI is InChI=1S/C17H21N5O/c1-11-13(6-4-8-19-11)17(23)22-9-5-7-15(22)14-10-16(18-3)21-12(2)20-14/h4,6,8,10,15H,5,7,9H2,1-3H3,(H,18,20,21). The molecule has 1 fully saturated rings. The number of rotatable bonds is 3. The minimum absolute atomic E-state index is 0.00379. The van der Waals surface area contributed by atoms with E-state index in [0.29, 0.717) is 11.4 Å². The smallest absolute Gasteiger partial charge is 0.256 e. The molecule has 3 rings (SSSR count). The maximum Gasteiger partial charge on any atom is 0.256 e. The van der Waals surface area contributed by atoms with Crippen molar-refractivity contribution in [1.29, 1.82) is 0 Å². The number of aryl methyl sites for hydroxylation is 2. The summed E-state index contributed by atoms with van der Waals surface area (Å²) in [6.45, 7) is 4.48. The lowest BCUT2D eigenvalue weighted by molar-refractivity contribution is 0.0731. The Labute approximate surface area is 136 Å². The van der Waals surface area contributed by atoms with Crippen LogP contribution in [-0.4, -0.2) is 39.4 Å². The number of hydrogen-bond donors (Lipinski definition) is 1. The third kappa shape index (κ3) is 3.02. The number of nitrogens with zero attached hydrogens (tertiary/aromatic N) is 4. The van der Waals surface area contributed by atoms with Crippen LogP contribution in [0.3, 0.4) is 0 Å². The molecule has 1 aliphatic rings. The first-order valence-corrected chi connectivity index (χ1v) is 7.86. The molecule has 0 radical (unpaired) electrons. The fraction of sp³-hybridized carbons (Fsp3) is 0.412. The molecule has 0 spiro atoms. The van der Waals surface area contributed by atoms with Crippen molar-refractivity contribution in [1.82, 2.24) is 19.9 Å². The largest absolute Gasteiger partial charge is 0.373 e. The van der Waals surface area contributed by atoms with Crippen molar-refractivity contribution >= 4 is 11.7 Å². The van der Waals surface area contributed by atoms with Gasteiger partial charge in [0.2, 0.25) is 0 Å². The normalized spacial score (nSPS) is 17.3. The SMILES string of the molecule is CNc1cc(C2CCCN2C(=O)c2cccnc2C)nc(C)n1. The number of carbonyl (C=O) groups is 1. The number of anilines is 1. The fourth-order valence-corrected chi connectivity index (χ4v) is 3.07. The third-order valence-electron chi connectivity index (χ3n) is 4.21. The molecule has 0 aromatic carbocycles. The van der Waals surface area contributed by atoms with Crippen LogP contribution in [0.4, 0.5) is 5.82 Å². The van der Waals surface area contributed by atoms with Gasteiger partial charge in [0.1, 0.15) is 11.6 Å². The quantitative estimate of drug-likeness (QED) is 0.943. The first-order valence-electron chi connectivity index (χ1n) is 7.86. The van der Waals surface area contributed by atoms with E-state index >= 15 is 0 Å². The molecular formula is C17H21N5O. The van der Waals surface area contributed by atoms with Gasteiger partial charge in [0.25, 0.3) is 5.91 Å². The number of hydrogen-bond acceptors (Lipinski definition) is 5. The van der Waals surface area contributed by atoms with Gasteiger partial charge in [-0.25, -0.2) is 9.97 Å². The van der Waals surface area contributed by atoms with Crippen LogP contribution >= 0.6 is 0 Å². The molecule has 2 aromatic heterocycles. The number of nitrogens with one attached hydrogen (secondary N) is 1. The van der Waals surface area contributed by atoms with Crippen molar-refractivity contribution in [3.8, 4) is 0 Å². The highest BCUT2D eigenvalue weighted by molar-refractivity contribution is 5.95. The van der Waals surface area contributed by atoms with E-state index in [2.05, 4.69) is 20.3 Å². The predicted molar refractivity (Wildman–Crippen MR) is 88.3 cm³/mol. The average molecular weight is 311 g/mol. The number of likely N-dealkylation sites (tertiary alicyclic amines) is 1. The first kappa shape index (κ1) is 15.4. The molecule has 1 N–H and O–H groups in total. The molecule has 6 heteroatoms. The van der Waals surface area contributed by atoms with E-state index in [1.165, 1.54) is 0 Å². The van der Waals surface area contributed by atoms with Crippen LogP contribution in [-0.2, 0) is 0 Å². The van der Waals surface area contributed by atoms with Crippen molar-refractivity contribution < 1.29 is 4.79 Å². The van der Waals surface area contributed by atoms with Crippen LogP contribution in [0.2, 0.25) is 0 Å². The van der Waals surface area contributed by atoms with Gasteiger partial charge >= 0.3 is 0 Å². The van der Waals surface area contributed by atoms with E-state index in [1.807, 2.05) is 37.9 Å². The Morgan fingerprint density at radius 2 is 2.17 bits per heavy atom. The van der Waals surface area contributed by atoms with Crippen molar-refractivity contribution in [2.24, 2.45) is 0 Å². The minimum atomic E-state index is -0.00379. The lowest BCUT2D eigenvalue weighted by Gasteiger charge is -2.25. The van der Waals surface area contributed by atoms with E-state index in [-0.39, 0.29) is 11.9 Å². The van der Waals surface area contributed by atoms with Crippen LogP contribution in [0.5, 0.6) is 0 Å². The highest BCUT2D eigenvalue weighted by Crippen LogP contribution is 2.33. The van der Waals surface area contributed by atoms with E-state index in [4.69, 9.17) is 0 Å². The minimum Gasteiger partial charge on any atom is -0.373 e. The van der Waals surface area contributed by atoms with E-state index in [1.54, 1.807) is 12.3 Å². The first-order chi connectivity index (χ1) is 11.1. The number of aromatic nitrogens is 3. The van der Waals surface area contributed by atoms with Gasteiger partial charge in [-0.05, 0) is 38.8 Å². The summed E-state index contributed by atoms with van der Waals surface area (Å²) in [5.41, 5.74) is 2.33. The molecule has 1 saturated heterocycles. The van der Waals surface area contributed by atoms with E-state index < -0.39 is 0 Å². The molecule has 1 unspecified atom stereocenters. The summed E-state index contributed by atoms with van der Waals surface area (Å²) in [5, 5.41) is 3.05. The Balaban J connectivity index is 1.93. The molecule has 2 aromatic rings. The fourth-order valence-electron chi connectivity index (χ4n) is 3.07. The molecule has 0 saturated carbocycles. The summed E-state index contributed by atoms with van der Waals surface area (Å²) in [7, 11) is 1.84. The summed E-state index contributed by atoms with van der Waals surface area (Å²) in [4.78, 5) is 27.9. The summed E-state index contributed by atoms with van der Waals surface area (Å²) >= 11 is 0. The average Bonchev–Trinajstić information content (AvgIpc) is 3.03. The van der Waals surface area contributed by atoms with Crippen LogP contribution < -0.4 is 5.32 Å². The second-order valence-electron chi connectivity index (χ2n) is 5.77. The van der Waals surface area contributed by atoms with E-state index in [0.717, 1.165) is 36.6 Å². The Morgan fingerprint density at radius 3 is 2.91 bits per heavy atom. The lowest BCUT2D eigenvalue weighted by atomic mass is 10.1. The van der Waals surface area contributed by atoms with Crippen molar-refractivity contribution in [3.05, 3.63) is 47.2 Å². The van der Waals surface area contributed by atoms with Gasteiger partial charge in [-0.15, -0.1) is 0 Å². The molecule has 0 aliphatic carbocycles.